The molecule has 3 nitrogen and oxygen atoms in total. The molecule has 0 radical (unpaired) electrons. The zero-order valence-electron chi connectivity index (χ0n) is 13.9. The monoisotopic (exact) mass is 306 g/mol. The molecule has 0 aromatic heterocycles. The van der Waals surface area contributed by atoms with E-state index < -0.39 is 0 Å². The molecule has 22 heavy (non-hydrogen) atoms. The van der Waals surface area contributed by atoms with E-state index in [4.69, 9.17) is 0 Å². The van der Waals surface area contributed by atoms with Crippen LogP contribution in [0.3, 0.4) is 0 Å². The van der Waals surface area contributed by atoms with Gasteiger partial charge in [0.05, 0.1) is 12.2 Å². The number of aliphatic hydroxyl groups excluding tert-OH is 2. The molecule has 2 N–H and O–H groups in total. The summed E-state index contributed by atoms with van der Waals surface area (Å²) >= 11 is 0. The Morgan fingerprint density at radius 1 is 1.14 bits per heavy atom. The lowest BCUT2D eigenvalue weighted by Crippen LogP contribution is -2.61. The minimum atomic E-state index is -0.337. The number of rotatable bonds is 0. The van der Waals surface area contributed by atoms with Gasteiger partial charge in [0.2, 0.25) is 0 Å². The van der Waals surface area contributed by atoms with E-state index in [0.29, 0.717) is 18.1 Å². The van der Waals surface area contributed by atoms with E-state index in [0.717, 1.165) is 25.7 Å². The molecule has 4 saturated carbocycles. The minimum absolute atomic E-state index is 0.0428. The van der Waals surface area contributed by atoms with Crippen LogP contribution in [0.2, 0.25) is 0 Å². The second kappa shape index (κ2) is 4.80. The van der Waals surface area contributed by atoms with Crippen molar-refractivity contribution in [2.45, 2.75) is 77.4 Å². The van der Waals surface area contributed by atoms with Crippen molar-refractivity contribution in [1.82, 2.24) is 0 Å². The summed E-state index contributed by atoms with van der Waals surface area (Å²) in [6.45, 7) is 4.60. The van der Waals surface area contributed by atoms with Crippen molar-refractivity contribution in [3.05, 3.63) is 0 Å². The fourth-order valence-electron chi connectivity index (χ4n) is 7.03. The van der Waals surface area contributed by atoms with Gasteiger partial charge in [-0.05, 0) is 61.2 Å². The second-order valence-corrected chi connectivity index (χ2v) is 9.28. The summed E-state index contributed by atoms with van der Waals surface area (Å²) in [4.78, 5) is 13.0. The molecule has 0 aromatic rings. The first kappa shape index (κ1) is 15.1. The molecule has 4 aliphatic carbocycles. The number of hydrogen-bond donors (Lipinski definition) is 2. The molecule has 8 atom stereocenters. The number of fused-ring (bicyclic) bond motifs is 5. The van der Waals surface area contributed by atoms with Crippen LogP contribution >= 0.6 is 0 Å². The lowest BCUT2D eigenvalue weighted by atomic mass is 9.44. The van der Waals surface area contributed by atoms with Gasteiger partial charge in [0.1, 0.15) is 5.78 Å². The molecule has 4 rings (SSSR count). The highest BCUT2D eigenvalue weighted by atomic mass is 16.3. The summed E-state index contributed by atoms with van der Waals surface area (Å²) in [5, 5.41) is 21.0. The highest BCUT2D eigenvalue weighted by molar-refractivity contribution is 5.83. The van der Waals surface area contributed by atoms with Crippen LogP contribution in [0.15, 0.2) is 0 Å². The maximum atomic E-state index is 13.0. The van der Waals surface area contributed by atoms with E-state index in [-0.39, 0.29) is 40.8 Å². The lowest BCUT2D eigenvalue weighted by molar-refractivity contribution is -0.181. The number of ketones is 1. The topological polar surface area (TPSA) is 57.5 Å². The molecular formula is C19H30O3. The molecule has 0 spiro atoms. The number of hydrogen-bond acceptors (Lipinski definition) is 3. The number of carbonyl (C=O) groups excluding carboxylic acids is 1. The van der Waals surface area contributed by atoms with Gasteiger partial charge in [-0.15, -0.1) is 0 Å². The molecule has 0 amide bonds. The van der Waals surface area contributed by atoms with E-state index in [9.17, 15) is 15.0 Å². The van der Waals surface area contributed by atoms with Crippen molar-refractivity contribution in [3.63, 3.8) is 0 Å². The van der Waals surface area contributed by atoms with Crippen molar-refractivity contribution in [3.8, 4) is 0 Å². The molecular weight excluding hydrogens is 276 g/mol. The van der Waals surface area contributed by atoms with E-state index in [1.807, 2.05) is 0 Å². The second-order valence-electron chi connectivity index (χ2n) is 9.28. The van der Waals surface area contributed by atoms with E-state index in [1.165, 1.54) is 19.3 Å². The summed E-state index contributed by atoms with van der Waals surface area (Å²) in [6, 6.07) is 0. The fraction of sp³-hybridized carbons (Fsp3) is 0.947. The molecule has 4 fully saturated rings. The summed E-state index contributed by atoms with van der Waals surface area (Å²) in [7, 11) is 0. The third kappa shape index (κ3) is 1.91. The highest BCUT2D eigenvalue weighted by Crippen LogP contribution is 2.65. The molecule has 0 bridgehead atoms. The SMILES string of the molecule is C[C@]12CCC[C@@H]1[C@@H]1C(=O)C[C@H]3C[C@H](O)CC[C@]3(C)[C@@H]1[C@H](O)C2. The Morgan fingerprint density at radius 2 is 1.91 bits per heavy atom. The van der Waals surface area contributed by atoms with Crippen LogP contribution in [0, 0.1) is 34.5 Å². The Morgan fingerprint density at radius 3 is 2.68 bits per heavy atom. The largest absolute Gasteiger partial charge is 0.393 e. The quantitative estimate of drug-likeness (QED) is 0.723. The first-order valence-electron chi connectivity index (χ1n) is 9.24. The van der Waals surface area contributed by atoms with Crippen molar-refractivity contribution in [2.24, 2.45) is 34.5 Å². The lowest BCUT2D eigenvalue weighted by Gasteiger charge is -2.60. The molecule has 124 valence electrons. The van der Waals surface area contributed by atoms with Crippen LogP contribution in [-0.4, -0.2) is 28.2 Å². The Bertz CT molecular complexity index is 489. The van der Waals surface area contributed by atoms with Crippen molar-refractivity contribution in [1.29, 1.82) is 0 Å². The van der Waals surface area contributed by atoms with Crippen LogP contribution in [0.1, 0.15) is 65.2 Å². The normalized spacial score (nSPS) is 57.9. The summed E-state index contributed by atoms with van der Waals surface area (Å²) in [5.41, 5.74) is 0.217. The molecule has 0 aliphatic heterocycles. The maximum absolute atomic E-state index is 13.0. The third-order valence-corrected chi connectivity index (χ3v) is 8.15. The van der Waals surface area contributed by atoms with E-state index in [2.05, 4.69) is 13.8 Å². The number of carbonyl (C=O) groups is 1. The van der Waals surface area contributed by atoms with Crippen LogP contribution in [0.4, 0.5) is 0 Å². The highest BCUT2D eigenvalue weighted by Gasteiger charge is 2.63. The maximum Gasteiger partial charge on any atom is 0.136 e. The summed E-state index contributed by atoms with van der Waals surface area (Å²) in [5.74, 6) is 1.34. The number of aliphatic hydroxyl groups is 2. The molecule has 0 heterocycles. The first-order valence-corrected chi connectivity index (χ1v) is 9.24. The zero-order chi connectivity index (χ0) is 15.7. The zero-order valence-corrected chi connectivity index (χ0v) is 13.9. The Labute approximate surface area is 133 Å². The van der Waals surface area contributed by atoms with Crippen LogP contribution < -0.4 is 0 Å². The molecule has 3 heteroatoms. The summed E-state index contributed by atoms with van der Waals surface area (Å²) in [6.07, 6.45) is 7.02. The predicted molar refractivity (Wildman–Crippen MR) is 84.1 cm³/mol. The van der Waals surface area contributed by atoms with Crippen molar-refractivity contribution < 1.29 is 15.0 Å². The van der Waals surface area contributed by atoms with Gasteiger partial charge in [-0.1, -0.05) is 20.3 Å². The molecule has 0 saturated heterocycles. The molecule has 0 aromatic carbocycles. The van der Waals surface area contributed by atoms with E-state index in [1.54, 1.807) is 0 Å². The van der Waals surface area contributed by atoms with Gasteiger partial charge in [0.25, 0.3) is 0 Å². The average Bonchev–Trinajstić information content (AvgIpc) is 2.81. The van der Waals surface area contributed by atoms with Gasteiger partial charge in [0.15, 0.2) is 0 Å². The van der Waals surface area contributed by atoms with Crippen molar-refractivity contribution >= 4 is 5.78 Å². The minimum Gasteiger partial charge on any atom is -0.393 e. The first-order chi connectivity index (χ1) is 10.3. The van der Waals surface area contributed by atoms with E-state index >= 15 is 0 Å². The van der Waals surface area contributed by atoms with Crippen LogP contribution in [-0.2, 0) is 4.79 Å². The number of Topliss-reactive ketones (excluding diaryl/α,β-unsaturated/α-hetero) is 1. The van der Waals surface area contributed by atoms with Gasteiger partial charge in [0, 0.05) is 18.3 Å². The van der Waals surface area contributed by atoms with Gasteiger partial charge in [-0.25, -0.2) is 0 Å². The molecule has 4 aliphatic rings. The van der Waals surface area contributed by atoms with Gasteiger partial charge in [-0.3, -0.25) is 4.79 Å². The smallest absolute Gasteiger partial charge is 0.136 e. The van der Waals surface area contributed by atoms with Gasteiger partial charge >= 0.3 is 0 Å². The van der Waals surface area contributed by atoms with Gasteiger partial charge in [-0.2, -0.15) is 0 Å². The Balaban J connectivity index is 1.73. The third-order valence-electron chi connectivity index (χ3n) is 8.15. The Hall–Kier alpha value is -0.410. The molecule has 0 unspecified atom stereocenters. The summed E-state index contributed by atoms with van der Waals surface area (Å²) < 4.78 is 0. The average molecular weight is 306 g/mol. The standard InChI is InChI=1S/C19H30O3/c1-18-6-3-4-13(18)16-14(21)9-11-8-12(20)5-7-19(11,2)17(16)15(22)10-18/h11-13,15-17,20,22H,3-10H2,1-2H3/t11-,12-,13-,15-,16-,17-,18-,19+/m1/s1. The van der Waals surface area contributed by atoms with Gasteiger partial charge < -0.3 is 10.2 Å². The van der Waals surface area contributed by atoms with Crippen LogP contribution in [0.5, 0.6) is 0 Å². The fourth-order valence-corrected chi connectivity index (χ4v) is 7.03. The van der Waals surface area contributed by atoms with Crippen LogP contribution in [0.25, 0.3) is 0 Å². The van der Waals surface area contributed by atoms with Crippen molar-refractivity contribution in [2.75, 3.05) is 0 Å². The Kier molecular flexibility index (Phi) is 3.30. The predicted octanol–water partition coefficient (Wildman–Crippen LogP) is 2.93.